The number of likely N-dealkylation sites (N-methyl/N-ethyl adjacent to an activating group) is 1. The van der Waals surface area contributed by atoms with Gasteiger partial charge in [0.25, 0.3) is 0 Å². The van der Waals surface area contributed by atoms with Gasteiger partial charge in [-0.05, 0) is 43.3 Å². The van der Waals surface area contributed by atoms with E-state index in [1.54, 1.807) is 12.4 Å². The first-order chi connectivity index (χ1) is 10.1. The highest BCUT2D eigenvalue weighted by molar-refractivity contribution is 5.87. The quantitative estimate of drug-likeness (QED) is 0.887. The SMILES string of the molecule is CN(CCc1ccncc1)Cc1ccc(C(=O)O)cc1F. The van der Waals surface area contributed by atoms with Crippen molar-refractivity contribution in [2.45, 2.75) is 13.0 Å². The van der Waals surface area contributed by atoms with E-state index in [2.05, 4.69) is 4.98 Å². The smallest absolute Gasteiger partial charge is 0.335 e. The molecular formula is C16H17FN2O2. The summed E-state index contributed by atoms with van der Waals surface area (Å²) < 4.78 is 13.8. The van der Waals surface area contributed by atoms with Crippen LogP contribution in [0.4, 0.5) is 4.39 Å². The van der Waals surface area contributed by atoms with E-state index in [0.717, 1.165) is 19.0 Å². The van der Waals surface area contributed by atoms with Crippen LogP contribution < -0.4 is 0 Å². The highest BCUT2D eigenvalue weighted by Gasteiger charge is 2.10. The molecule has 110 valence electrons. The molecule has 0 saturated heterocycles. The molecule has 0 aliphatic heterocycles. The maximum atomic E-state index is 13.8. The van der Waals surface area contributed by atoms with Crippen LogP contribution in [0, 0.1) is 5.82 Å². The van der Waals surface area contributed by atoms with Crippen LogP contribution in [-0.4, -0.2) is 34.6 Å². The van der Waals surface area contributed by atoms with E-state index in [0.29, 0.717) is 12.1 Å². The number of hydrogen-bond acceptors (Lipinski definition) is 3. The fraction of sp³-hybridized carbons (Fsp3) is 0.250. The van der Waals surface area contributed by atoms with Crippen LogP contribution in [0.2, 0.25) is 0 Å². The average molecular weight is 288 g/mol. The Morgan fingerprint density at radius 2 is 2.00 bits per heavy atom. The minimum atomic E-state index is -1.12. The summed E-state index contributed by atoms with van der Waals surface area (Å²) in [6.07, 6.45) is 4.35. The second kappa shape index (κ2) is 6.95. The van der Waals surface area contributed by atoms with Crippen molar-refractivity contribution in [3.05, 3.63) is 65.2 Å². The zero-order valence-electron chi connectivity index (χ0n) is 11.8. The molecule has 0 unspecified atom stereocenters. The Balaban J connectivity index is 1.93. The molecule has 2 aromatic rings. The highest BCUT2D eigenvalue weighted by atomic mass is 19.1. The maximum Gasteiger partial charge on any atom is 0.335 e. The van der Waals surface area contributed by atoms with Gasteiger partial charge in [-0.2, -0.15) is 0 Å². The van der Waals surface area contributed by atoms with Gasteiger partial charge in [0, 0.05) is 31.0 Å². The minimum absolute atomic E-state index is 0.0318. The number of aromatic carboxylic acids is 1. The molecule has 0 bridgehead atoms. The summed E-state index contributed by atoms with van der Waals surface area (Å²) in [5.74, 6) is -1.60. The van der Waals surface area contributed by atoms with E-state index in [4.69, 9.17) is 5.11 Å². The molecule has 2 rings (SSSR count). The summed E-state index contributed by atoms with van der Waals surface area (Å²) in [5, 5.41) is 8.81. The fourth-order valence-electron chi connectivity index (χ4n) is 2.05. The second-order valence-corrected chi connectivity index (χ2v) is 4.95. The molecule has 0 atom stereocenters. The number of carboxylic acids is 1. The number of carboxylic acid groups (broad SMARTS) is 1. The molecule has 21 heavy (non-hydrogen) atoms. The van der Waals surface area contributed by atoms with E-state index in [-0.39, 0.29) is 5.56 Å². The molecule has 4 nitrogen and oxygen atoms in total. The Hall–Kier alpha value is -2.27. The standard InChI is InChI=1S/C16H17FN2O2/c1-19(9-6-12-4-7-18-8-5-12)11-14-3-2-13(16(20)21)10-15(14)17/h2-5,7-8,10H,6,9,11H2,1H3,(H,20,21). The second-order valence-electron chi connectivity index (χ2n) is 4.95. The first kappa shape index (κ1) is 15.1. The van der Waals surface area contributed by atoms with E-state index >= 15 is 0 Å². The summed E-state index contributed by atoms with van der Waals surface area (Å²) in [4.78, 5) is 16.7. The molecule has 5 heteroatoms. The molecule has 0 aliphatic carbocycles. The van der Waals surface area contributed by atoms with Crippen LogP contribution in [0.1, 0.15) is 21.5 Å². The van der Waals surface area contributed by atoms with Gasteiger partial charge in [-0.25, -0.2) is 9.18 Å². The summed E-state index contributed by atoms with van der Waals surface area (Å²) in [5.41, 5.74) is 1.64. The van der Waals surface area contributed by atoms with Crippen LogP contribution in [0.3, 0.4) is 0 Å². The summed E-state index contributed by atoms with van der Waals surface area (Å²) in [6, 6.07) is 7.93. The predicted molar refractivity (Wildman–Crippen MR) is 77.6 cm³/mol. The molecule has 0 spiro atoms. The van der Waals surface area contributed by atoms with Gasteiger partial charge in [-0.1, -0.05) is 6.07 Å². The first-order valence-electron chi connectivity index (χ1n) is 6.65. The molecule has 0 radical (unpaired) electrons. The van der Waals surface area contributed by atoms with Crippen LogP contribution in [0.15, 0.2) is 42.7 Å². The molecule has 1 heterocycles. The molecule has 1 N–H and O–H groups in total. The minimum Gasteiger partial charge on any atom is -0.478 e. The zero-order valence-corrected chi connectivity index (χ0v) is 11.8. The third-order valence-corrected chi connectivity index (χ3v) is 3.27. The van der Waals surface area contributed by atoms with Gasteiger partial charge in [-0.15, -0.1) is 0 Å². The Labute approximate surface area is 122 Å². The third-order valence-electron chi connectivity index (χ3n) is 3.27. The van der Waals surface area contributed by atoms with Crippen molar-refractivity contribution >= 4 is 5.97 Å². The summed E-state index contributed by atoms with van der Waals surface area (Å²) >= 11 is 0. The topological polar surface area (TPSA) is 53.4 Å². The number of hydrogen-bond donors (Lipinski definition) is 1. The van der Waals surface area contributed by atoms with Gasteiger partial charge in [0.2, 0.25) is 0 Å². The predicted octanol–water partition coefficient (Wildman–Crippen LogP) is 2.59. The number of pyridine rings is 1. The lowest BCUT2D eigenvalue weighted by atomic mass is 10.1. The fourth-order valence-corrected chi connectivity index (χ4v) is 2.05. The van der Waals surface area contributed by atoms with Crippen molar-refractivity contribution in [3.8, 4) is 0 Å². The normalized spacial score (nSPS) is 10.8. The Bertz CT molecular complexity index is 617. The molecule has 0 saturated carbocycles. The maximum absolute atomic E-state index is 13.8. The number of benzene rings is 1. The number of aromatic nitrogens is 1. The van der Waals surface area contributed by atoms with E-state index in [1.807, 2.05) is 24.1 Å². The largest absolute Gasteiger partial charge is 0.478 e. The molecule has 0 amide bonds. The Morgan fingerprint density at radius 3 is 2.62 bits per heavy atom. The monoisotopic (exact) mass is 288 g/mol. The van der Waals surface area contributed by atoms with Crippen LogP contribution in [0.25, 0.3) is 0 Å². The number of nitrogens with zero attached hydrogens (tertiary/aromatic N) is 2. The molecule has 0 aliphatic rings. The number of halogens is 1. The molecular weight excluding hydrogens is 271 g/mol. The zero-order chi connectivity index (χ0) is 15.2. The lowest BCUT2D eigenvalue weighted by Crippen LogP contribution is -2.21. The molecule has 1 aromatic carbocycles. The first-order valence-corrected chi connectivity index (χ1v) is 6.65. The van der Waals surface area contributed by atoms with Gasteiger partial charge in [0.1, 0.15) is 5.82 Å². The van der Waals surface area contributed by atoms with Gasteiger partial charge < -0.3 is 10.0 Å². The summed E-state index contributed by atoms with van der Waals surface area (Å²) in [7, 11) is 1.91. The van der Waals surface area contributed by atoms with Crippen molar-refractivity contribution < 1.29 is 14.3 Å². The molecule has 0 fully saturated rings. The number of rotatable bonds is 6. The average Bonchev–Trinajstić information content (AvgIpc) is 2.48. The highest BCUT2D eigenvalue weighted by Crippen LogP contribution is 2.13. The van der Waals surface area contributed by atoms with Gasteiger partial charge in [0.05, 0.1) is 5.56 Å². The lowest BCUT2D eigenvalue weighted by molar-refractivity contribution is 0.0696. The lowest BCUT2D eigenvalue weighted by Gasteiger charge is -2.17. The third kappa shape index (κ3) is 4.36. The van der Waals surface area contributed by atoms with Crippen molar-refractivity contribution in [1.82, 2.24) is 9.88 Å². The van der Waals surface area contributed by atoms with Crippen molar-refractivity contribution in [1.29, 1.82) is 0 Å². The number of carbonyl (C=O) groups is 1. The van der Waals surface area contributed by atoms with Gasteiger partial charge >= 0.3 is 5.97 Å². The van der Waals surface area contributed by atoms with E-state index < -0.39 is 11.8 Å². The molecule has 1 aromatic heterocycles. The van der Waals surface area contributed by atoms with Crippen molar-refractivity contribution in [2.24, 2.45) is 0 Å². The Kier molecular flexibility index (Phi) is 5.00. The van der Waals surface area contributed by atoms with Crippen LogP contribution in [-0.2, 0) is 13.0 Å². The van der Waals surface area contributed by atoms with Gasteiger partial charge in [0.15, 0.2) is 0 Å². The van der Waals surface area contributed by atoms with Crippen LogP contribution in [0.5, 0.6) is 0 Å². The Morgan fingerprint density at radius 1 is 1.29 bits per heavy atom. The van der Waals surface area contributed by atoms with E-state index in [1.165, 1.54) is 17.7 Å². The van der Waals surface area contributed by atoms with Crippen molar-refractivity contribution in [3.63, 3.8) is 0 Å². The van der Waals surface area contributed by atoms with E-state index in [9.17, 15) is 9.18 Å². The summed E-state index contributed by atoms with van der Waals surface area (Å²) in [6.45, 7) is 1.22. The van der Waals surface area contributed by atoms with Crippen LogP contribution >= 0.6 is 0 Å². The van der Waals surface area contributed by atoms with Crippen molar-refractivity contribution in [2.75, 3.05) is 13.6 Å². The van der Waals surface area contributed by atoms with Gasteiger partial charge in [-0.3, -0.25) is 4.98 Å².